The molecule has 0 radical (unpaired) electrons. The molecule has 35 heavy (non-hydrogen) atoms. The van der Waals surface area contributed by atoms with Crippen molar-refractivity contribution < 1.29 is 18.7 Å². The summed E-state index contributed by atoms with van der Waals surface area (Å²) >= 11 is 12.2. The summed E-state index contributed by atoms with van der Waals surface area (Å²) in [6, 6.07) is 10.5. The molecule has 0 saturated carbocycles. The molecule has 184 valence electrons. The minimum atomic E-state index is -0.547. The summed E-state index contributed by atoms with van der Waals surface area (Å²) in [5.74, 6) is 0.112. The molecule has 0 saturated heterocycles. The number of carbonyl (C=O) groups is 1. The predicted molar refractivity (Wildman–Crippen MR) is 135 cm³/mol. The monoisotopic (exact) mass is 517 g/mol. The third-order valence-electron chi connectivity index (χ3n) is 5.54. The molecule has 2 N–H and O–H groups in total. The van der Waals surface area contributed by atoms with Crippen LogP contribution in [0.3, 0.4) is 0 Å². The van der Waals surface area contributed by atoms with E-state index < -0.39 is 11.4 Å². The van der Waals surface area contributed by atoms with Gasteiger partial charge in [0.2, 0.25) is 0 Å². The number of fused-ring (bicyclic) bond motifs is 1. The molecule has 1 aliphatic heterocycles. The van der Waals surface area contributed by atoms with Crippen molar-refractivity contribution in [2.75, 3.05) is 12.3 Å². The standard InChI is InChI=1S/C26H26Cl2FN3O3/c1-26(2,3)35-25(33)32-13-16-5-4-15(10-18(16)14-32)17-11-22(24(30)31-12-17)34-9-8-19-20(27)6-7-21(29)23(19)28/h4-7,10-12H,8-9,13-14H2,1-3H3,(H2,30,31). The number of hydrogen-bond acceptors (Lipinski definition) is 5. The number of nitrogen functional groups attached to an aromatic ring is 1. The Morgan fingerprint density at radius 2 is 1.86 bits per heavy atom. The normalized spacial score (nSPS) is 13.0. The lowest BCUT2D eigenvalue weighted by Gasteiger charge is -2.24. The molecule has 4 rings (SSSR count). The van der Waals surface area contributed by atoms with Gasteiger partial charge in [-0.3, -0.25) is 4.90 Å². The quantitative estimate of drug-likeness (QED) is 0.383. The molecule has 0 unspecified atom stereocenters. The van der Waals surface area contributed by atoms with Crippen LogP contribution in [0.2, 0.25) is 10.0 Å². The molecule has 9 heteroatoms. The Hall–Kier alpha value is -3.03. The van der Waals surface area contributed by atoms with E-state index in [9.17, 15) is 9.18 Å². The number of halogens is 3. The molecule has 2 heterocycles. The van der Waals surface area contributed by atoms with Gasteiger partial charge in [-0.1, -0.05) is 35.3 Å². The first-order valence-electron chi connectivity index (χ1n) is 11.1. The van der Waals surface area contributed by atoms with Crippen molar-refractivity contribution in [3.05, 3.63) is 75.1 Å². The number of hydrogen-bond donors (Lipinski definition) is 1. The van der Waals surface area contributed by atoms with Gasteiger partial charge in [0, 0.05) is 36.3 Å². The molecule has 0 spiro atoms. The first-order valence-corrected chi connectivity index (χ1v) is 11.9. The van der Waals surface area contributed by atoms with E-state index in [0.29, 0.717) is 35.8 Å². The highest BCUT2D eigenvalue weighted by Crippen LogP contribution is 2.33. The number of nitrogens with two attached hydrogens (primary N) is 1. The molecule has 0 bridgehead atoms. The van der Waals surface area contributed by atoms with Crippen molar-refractivity contribution in [3.8, 4) is 16.9 Å². The van der Waals surface area contributed by atoms with Gasteiger partial charge < -0.3 is 15.2 Å². The molecule has 2 aromatic carbocycles. The first kappa shape index (κ1) is 25.1. The largest absolute Gasteiger partial charge is 0.489 e. The fourth-order valence-electron chi connectivity index (χ4n) is 3.82. The van der Waals surface area contributed by atoms with Gasteiger partial charge in [-0.15, -0.1) is 0 Å². The van der Waals surface area contributed by atoms with E-state index in [1.165, 1.54) is 12.1 Å². The summed E-state index contributed by atoms with van der Waals surface area (Å²) in [6.45, 7) is 6.71. The number of benzene rings is 2. The van der Waals surface area contributed by atoms with E-state index in [1.807, 2.05) is 39.0 Å². The number of amides is 1. The van der Waals surface area contributed by atoms with Crippen LogP contribution in [0.15, 0.2) is 42.6 Å². The minimum absolute atomic E-state index is 0.0143. The Morgan fingerprint density at radius 1 is 1.11 bits per heavy atom. The Balaban J connectivity index is 1.47. The maximum atomic E-state index is 13.8. The molecule has 1 amide bonds. The molecule has 0 fully saturated rings. The highest BCUT2D eigenvalue weighted by atomic mass is 35.5. The zero-order valence-electron chi connectivity index (χ0n) is 19.7. The number of aromatic nitrogens is 1. The lowest BCUT2D eigenvalue weighted by Crippen LogP contribution is -2.33. The summed E-state index contributed by atoms with van der Waals surface area (Å²) < 4.78 is 25.1. The van der Waals surface area contributed by atoms with E-state index in [-0.39, 0.29) is 23.5 Å². The third-order valence-corrected chi connectivity index (χ3v) is 6.31. The number of pyridine rings is 1. The fraction of sp³-hybridized carbons (Fsp3) is 0.308. The molecule has 3 aromatic rings. The van der Waals surface area contributed by atoms with Crippen LogP contribution in [0.1, 0.15) is 37.5 Å². The van der Waals surface area contributed by atoms with Crippen LogP contribution in [-0.2, 0) is 24.2 Å². The van der Waals surface area contributed by atoms with E-state index in [2.05, 4.69) is 4.98 Å². The van der Waals surface area contributed by atoms with Gasteiger partial charge in [-0.25, -0.2) is 14.2 Å². The second kappa shape index (κ2) is 9.91. The number of anilines is 1. The molecular weight excluding hydrogens is 492 g/mol. The Kier molecular flexibility index (Phi) is 7.10. The van der Waals surface area contributed by atoms with Crippen molar-refractivity contribution in [2.24, 2.45) is 0 Å². The molecule has 1 aromatic heterocycles. The van der Waals surface area contributed by atoms with Gasteiger partial charge in [-0.05, 0) is 67.3 Å². The van der Waals surface area contributed by atoms with Crippen LogP contribution in [0.5, 0.6) is 5.75 Å². The summed E-state index contributed by atoms with van der Waals surface area (Å²) in [4.78, 5) is 18.4. The van der Waals surface area contributed by atoms with Crippen molar-refractivity contribution in [1.29, 1.82) is 0 Å². The molecule has 0 aliphatic carbocycles. The summed E-state index contributed by atoms with van der Waals surface area (Å²) in [6.07, 6.45) is 1.64. The number of ether oxygens (including phenoxy) is 2. The topological polar surface area (TPSA) is 77.7 Å². The SMILES string of the molecule is CC(C)(C)OC(=O)N1Cc2ccc(-c3cnc(N)c(OCCc4c(Cl)ccc(F)c4Cl)c3)cc2C1. The van der Waals surface area contributed by atoms with Crippen LogP contribution < -0.4 is 10.5 Å². The zero-order valence-corrected chi connectivity index (χ0v) is 21.2. The fourth-order valence-corrected chi connectivity index (χ4v) is 4.38. The zero-order chi connectivity index (χ0) is 25.3. The van der Waals surface area contributed by atoms with Crippen molar-refractivity contribution in [1.82, 2.24) is 9.88 Å². The van der Waals surface area contributed by atoms with Gasteiger partial charge in [0.1, 0.15) is 11.4 Å². The van der Waals surface area contributed by atoms with E-state index in [4.69, 9.17) is 38.4 Å². The van der Waals surface area contributed by atoms with Crippen LogP contribution in [-0.4, -0.2) is 28.2 Å². The van der Waals surface area contributed by atoms with Crippen molar-refractivity contribution in [3.63, 3.8) is 0 Å². The maximum Gasteiger partial charge on any atom is 0.410 e. The smallest absolute Gasteiger partial charge is 0.410 e. The van der Waals surface area contributed by atoms with E-state index in [0.717, 1.165) is 22.3 Å². The Bertz CT molecular complexity index is 1280. The number of nitrogens with zero attached hydrogens (tertiary/aromatic N) is 2. The van der Waals surface area contributed by atoms with Crippen LogP contribution in [0, 0.1) is 5.82 Å². The van der Waals surface area contributed by atoms with Crippen molar-refractivity contribution >= 4 is 35.1 Å². The predicted octanol–water partition coefficient (Wildman–Crippen LogP) is 6.65. The average Bonchev–Trinajstić information content (AvgIpc) is 3.22. The van der Waals surface area contributed by atoms with Crippen molar-refractivity contribution in [2.45, 2.75) is 45.9 Å². The second-order valence-electron chi connectivity index (χ2n) is 9.35. The first-order chi connectivity index (χ1) is 16.5. The lowest BCUT2D eigenvalue weighted by molar-refractivity contribution is 0.0242. The molecular formula is C26H26Cl2FN3O3. The van der Waals surface area contributed by atoms with Gasteiger partial charge >= 0.3 is 6.09 Å². The van der Waals surface area contributed by atoms with Crippen LogP contribution >= 0.6 is 23.2 Å². The van der Waals surface area contributed by atoms with E-state index in [1.54, 1.807) is 17.2 Å². The molecule has 0 atom stereocenters. The highest BCUT2D eigenvalue weighted by molar-refractivity contribution is 6.36. The third kappa shape index (κ3) is 5.80. The number of rotatable bonds is 5. The second-order valence-corrected chi connectivity index (χ2v) is 10.1. The number of carbonyl (C=O) groups excluding carboxylic acids is 1. The minimum Gasteiger partial charge on any atom is -0.489 e. The van der Waals surface area contributed by atoms with Gasteiger partial charge in [0.15, 0.2) is 11.6 Å². The van der Waals surface area contributed by atoms with Crippen LogP contribution in [0.4, 0.5) is 15.0 Å². The van der Waals surface area contributed by atoms with Crippen LogP contribution in [0.25, 0.3) is 11.1 Å². The summed E-state index contributed by atoms with van der Waals surface area (Å²) in [5.41, 5.74) is 9.80. The summed E-state index contributed by atoms with van der Waals surface area (Å²) in [5, 5.41) is 0.359. The summed E-state index contributed by atoms with van der Waals surface area (Å²) in [7, 11) is 0. The highest BCUT2D eigenvalue weighted by Gasteiger charge is 2.28. The Labute approximate surface area is 213 Å². The Morgan fingerprint density at radius 3 is 2.60 bits per heavy atom. The average molecular weight is 518 g/mol. The molecule has 1 aliphatic rings. The lowest BCUT2D eigenvalue weighted by atomic mass is 10.0. The van der Waals surface area contributed by atoms with Gasteiger partial charge in [0.25, 0.3) is 0 Å². The van der Waals surface area contributed by atoms with Gasteiger partial charge in [0.05, 0.1) is 11.6 Å². The molecule has 6 nitrogen and oxygen atoms in total. The van der Waals surface area contributed by atoms with Gasteiger partial charge in [-0.2, -0.15) is 0 Å². The van der Waals surface area contributed by atoms with E-state index >= 15 is 0 Å². The maximum absolute atomic E-state index is 13.8.